The number of hydrogen-bond donors (Lipinski definition) is 1. The van der Waals surface area contributed by atoms with Gasteiger partial charge in [0.1, 0.15) is 0 Å². The Hall–Kier alpha value is -0.870. The molecule has 2 heterocycles. The van der Waals surface area contributed by atoms with E-state index in [0.717, 1.165) is 19.5 Å². The summed E-state index contributed by atoms with van der Waals surface area (Å²) in [4.78, 5) is 15.8. The second-order valence-corrected chi connectivity index (χ2v) is 5.72. The largest absolute Gasteiger partial charge is 0.335 e. The van der Waals surface area contributed by atoms with Gasteiger partial charge in [-0.05, 0) is 37.4 Å². The predicted octanol–water partition coefficient (Wildman–Crippen LogP) is 2.05. The van der Waals surface area contributed by atoms with Crippen molar-refractivity contribution in [3.8, 4) is 0 Å². The first-order valence-corrected chi connectivity index (χ1v) is 7.04. The number of amides is 1. The van der Waals surface area contributed by atoms with E-state index in [2.05, 4.69) is 23.7 Å². The number of carbonyl (C=O) groups excluding carboxylic acids is 1. The van der Waals surface area contributed by atoms with Crippen molar-refractivity contribution in [3.05, 3.63) is 21.9 Å². The molecule has 0 aromatic carbocycles. The zero-order valence-corrected chi connectivity index (χ0v) is 11.5. The summed E-state index contributed by atoms with van der Waals surface area (Å²) in [6.45, 7) is 5.74. The normalized spacial score (nSPS) is 21.1. The molecule has 0 radical (unpaired) electrons. The van der Waals surface area contributed by atoms with Crippen molar-refractivity contribution < 1.29 is 4.79 Å². The first-order chi connectivity index (χ1) is 8.15. The van der Waals surface area contributed by atoms with Crippen LogP contribution in [0.4, 0.5) is 0 Å². The van der Waals surface area contributed by atoms with E-state index >= 15 is 0 Å². The quantitative estimate of drug-likeness (QED) is 0.893. The first-order valence-electron chi connectivity index (χ1n) is 6.16. The van der Waals surface area contributed by atoms with Gasteiger partial charge in [-0.2, -0.15) is 0 Å². The monoisotopic (exact) mass is 252 g/mol. The minimum atomic E-state index is 0.0580. The fourth-order valence-corrected chi connectivity index (χ4v) is 3.45. The molecule has 0 saturated heterocycles. The number of nitrogens with zero attached hydrogens (tertiary/aromatic N) is 1. The van der Waals surface area contributed by atoms with Crippen LogP contribution in [0.25, 0.3) is 0 Å². The Morgan fingerprint density at radius 1 is 1.71 bits per heavy atom. The minimum absolute atomic E-state index is 0.0580. The molecule has 0 bridgehead atoms. The van der Waals surface area contributed by atoms with Crippen molar-refractivity contribution in [3.63, 3.8) is 0 Å². The maximum Gasteiger partial charge on any atom is 0.227 e. The van der Waals surface area contributed by atoms with Crippen LogP contribution < -0.4 is 5.32 Å². The summed E-state index contributed by atoms with van der Waals surface area (Å²) in [5, 5.41) is 5.20. The lowest BCUT2D eigenvalue weighted by atomic mass is 9.99. The van der Waals surface area contributed by atoms with Crippen LogP contribution in [0.15, 0.2) is 11.4 Å². The van der Waals surface area contributed by atoms with E-state index in [0.29, 0.717) is 0 Å². The molecule has 1 aromatic heterocycles. The summed E-state index contributed by atoms with van der Waals surface area (Å²) in [7, 11) is 1.89. The molecule has 2 unspecified atom stereocenters. The number of rotatable bonds is 3. The maximum absolute atomic E-state index is 12.3. The fraction of sp³-hybridized carbons (Fsp3) is 0.615. The second kappa shape index (κ2) is 5.19. The third-order valence-corrected chi connectivity index (χ3v) is 4.49. The molecule has 2 atom stereocenters. The highest BCUT2D eigenvalue weighted by Crippen LogP contribution is 2.33. The highest BCUT2D eigenvalue weighted by molar-refractivity contribution is 7.10. The van der Waals surface area contributed by atoms with Crippen LogP contribution in [0.3, 0.4) is 0 Å². The molecule has 3 nitrogen and oxygen atoms in total. The lowest BCUT2D eigenvalue weighted by Gasteiger charge is -2.35. The highest BCUT2D eigenvalue weighted by atomic mass is 32.1. The minimum Gasteiger partial charge on any atom is -0.335 e. The zero-order chi connectivity index (χ0) is 12.4. The summed E-state index contributed by atoms with van der Waals surface area (Å²) in [5.74, 6) is 0.325. The summed E-state index contributed by atoms with van der Waals surface area (Å²) in [5.41, 5.74) is 1.34. The van der Waals surface area contributed by atoms with Gasteiger partial charge in [0.15, 0.2) is 0 Å². The van der Waals surface area contributed by atoms with Crippen LogP contribution in [0, 0.1) is 5.92 Å². The molecule has 0 saturated carbocycles. The van der Waals surface area contributed by atoms with Crippen LogP contribution in [0.2, 0.25) is 0 Å². The van der Waals surface area contributed by atoms with Crippen molar-refractivity contribution in [1.29, 1.82) is 0 Å². The van der Waals surface area contributed by atoms with E-state index < -0.39 is 0 Å². The van der Waals surface area contributed by atoms with Crippen molar-refractivity contribution in [1.82, 2.24) is 10.2 Å². The molecule has 94 valence electrons. The van der Waals surface area contributed by atoms with E-state index in [-0.39, 0.29) is 17.9 Å². The van der Waals surface area contributed by atoms with E-state index in [4.69, 9.17) is 0 Å². The Balaban J connectivity index is 2.12. The van der Waals surface area contributed by atoms with Crippen molar-refractivity contribution >= 4 is 17.2 Å². The topological polar surface area (TPSA) is 32.3 Å². The number of nitrogens with one attached hydrogen (secondary N) is 1. The second-order valence-electron chi connectivity index (χ2n) is 4.72. The molecule has 17 heavy (non-hydrogen) atoms. The van der Waals surface area contributed by atoms with Gasteiger partial charge in [-0.25, -0.2) is 0 Å². The molecule has 1 amide bonds. The molecule has 0 fully saturated rings. The average Bonchev–Trinajstić information content (AvgIpc) is 2.78. The Morgan fingerprint density at radius 3 is 3.18 bits per heavy atom. The molecule has 1 aliphatic rings. The van der Waals surface area contributed by atoms with Gasteiger partial charge in [0, 0.05) is 23.9 Å². The third kappa shape index (κ3) is 2.38. The third-order valence-electron chi connectivity index (χ3n) is 3.49. The Labute approximate surface area is 107 Å². The van der Waals surface area contributed by atoms with E-state index in [1.54, 1.807) is 0 Å². The Kier molecular flexibility index (Phi) is 3.84. The van der Waals surface area contributed by atoms with Gasteiger partial charge >= 0.3 is 0 Å². The number of fused-ring (bicyclic) bond motifs is 1. The van der Waals surface area contributed by atoms with Crippen molar-refractivity contribution in [2.45, 2.75) is 26.3 Å². The molecule has 1 aliphatic heterocycles. The molecule has 2 rings (SSSR count). The van der Waals surface area contributed by atoms with Crippen molar-refractivity contribution in [2.24, 2.45) is 5.92 Å². The zero-order valence-electron chi connectivity index (χ0n) is 10.7. The van der Waals surface area contributed by atoms with Crippen molar-refractivity contribution in [2.75, 3.05) is 20.1 Å². The molecule has 0 aliphatic carbocycles. The van der Waals surface area contributed by atoms with Crippen LogP contribution in [-0.4, -0.2) is 30.9 Å². The van der Waals surface area contributed by atoms with Crippen LogP contribution in [0.5, 0.6) is 0 Å². The number of hydrogen-bond acceptors (Lipinski definition) is 3. The van der Waals surface area contributed by atoms with Crippen LogP contribution >= 0.6 is 11.3 Å². The van der Waals surface area contributed by atoms with E-state index in [1.807, 2.05) is 30.2 Å². The number of thiophene rings is 1. The molecule has 4 heteroatoms. The lowest BCUT2D eigenvalue weighted by Crippen LogP contribution is -2.43. The molecule has 0 spiro atoms. The molecule has 1 aromatic rings. The Morgan fingerprint density at radius 2 is 2.47 bits per heavy atom. The number of carbonyl (C=O) groups is 1. The summed E-state index contributed by atoms with van der Waals surface area (Å²) < 4.78 is 0. The molecular weight excluding hydrogens is 232 g/mol. The van der Waals surface area contributed by atoms with Gasteiger partial charge in [-0.15, -0.1) is 11.3 Å². The lowest BCUT2D eigenvalue weighted by molar-refractivity contribution is -0.137. The Bertz CT molecular complexity index is 402. The maximum atomic E-state index is 12.3. The summed E-state index contributed by atoms with van der Waals surface area (Å²) in [6.07, 6.45) is 1.01. The smallest absolute Gasteiger partial charge is 0.227 e. The molecule has 1 N–H and O–H groups in total. The first kappa shape index (κ1) is 12.6. The fourth-order valence-electron chi connectivity index (χ4n) is 2.49. The van der Waals surface area contributed by atoms with Crippen LogP contribution in [-0.2, 0) is 11.2 Å². The van der Waals surface area contributed by atoms with Gasteiger partial charge in [0.25, 0.3) is 0 Å². The van der Waals surface area contributed by atoms with E-state index in [9.17, 15) is 4.79 Å². The van der Waals surface area contributed by atoms with Gasteiger partial charge < -0.3 is 10.2 Å². The van der Waals surface area contributed by atoms with E-state index in [1.165, 1.54) is 10.4 Å². The van der Waals surface area contributed by atoms with Gasteiger partial charge in [0.05, 0.1) is 6.04 Å². The summed E-state index contributed by atoms with van der Waals surface area (Å²) >= 11 is 1.81. The van der Waals surface area contributed by atoms with Crippen LogP contribution in [0.1, 0.15) is 30.3 Å². The van der Waals surface area contributed by atoms with Gasteiger partial charge in [-0.1, -0.05) is 6.92 Å². The van der Waals surface area contributed by atoms with Gasteiger partial charge in [-0.3, -0.25) is 4.79 Å². The summed E-state index contributed by atoms with van der Waals surface area (Å²) in [6, 6.07) is 2.39. The predicted molar refractivity (Wildman–Crippen MR) is 71.2 cm³/mol. The SMILES string of the molecule is CNCC(C)C(=O)N1CCc2sccc2C1C. The highest BCUT2D eigenvalue weighted by Gasteiger charge is 2.30. The average molecular weight is 252 g/mol. The standard InChI is InChI=1S/C13H20N2OS/c1-9(8-14-3)13(16)15-6-4-12-11(10(15)2)5-7-17-12/h5,7,9-10,14H,4,6,8H2,1-3H3. The van der Waals surface area contributed by atoms with Gasteiger partial charge in [0.2, 0.25) is 5.91 Å². The molecular formula is C13H20N2OS.